The number of hydrogen-bond acceptors (Lipinski definition) is 3. The lowest BCUT2D eigenvalue weighted by molar-refractivity contribution is 0.274. The van der Waals surface area contributed by atoms with E-state index in [0.29, 0.717) is 37.1 Å². The van der Waals surface area contributed by atoms with Gasteiger partial charge in [0.25, 0.3) is 0 Å². The fourth-order valence-electron chi connectivity index (χ4n) is 3.02. The van der Waals surface area contributed by atoms with Crippen LogP contribution in [0.25, 0.3) is 0 Å². The third-order valence-electron chi connectivity index (χ3n) is 4.61. The molecule has 1 aromatic carbocycles. The molecule has 1 heterocycles. The average Bonchev–Trinajstić information content (AvgIpc) is 2.58. The fourth-order valence-corrected chi connectivity index (χ4v) is 3.89. The van der Waals surface area contributed by atoms with E-state index in [0.717, 1.165) is 18.9 Å². The third kappa shape index (κ3) is 5.63. The molecular formula is C17H26F2N4O2S. The molecule has 9 heteroatoms. The van der Waals surface area contributed by atoms with Crippen LogP contribution >= 0.6 is 0 Å². The van der Waals surface area contributed by atoms with Crippen molar-refractivity contribution in [2.75, 3.05) is 32.9 Å². The van der Waals surface area contributed by atoms with Crippen molar-refractivity contribution < 1.29 is 17.2 Å². The molecule has 1 aliphatic heterocycles. The predicted octanol–water partition coefficient (Wildman–Crippen LogP) is 1.86. The smallest absolute Gasteiger partial charge is 0.211 e. The van der Waals surface area contributed by atoms with Crippen molar-refractivity contribution in [3.8, 4) is 0 Å². The SMILES string of the molecule is CN=C(NCC1CCN(S(C)(=O)=O)CC1)NC(C)c1ccc(F)cc1F. The maximum atomic E-state index is 13.9. The quantitative estimate of drug-likeness (QED) is 0.597. The van der Waals surface area contributed by atoms with Crippen LogP contribution in [-0.4, -0.2) is 51.6 Å². The molecule has 0 spiro atoms. The minimum Gasteiger partial charge on any atom is -0.356 e. The van der Waals surface area contributed by atoms with E-state index in [9.17, 15) is 17.2 Å². The first kappa shape index (κ1) is 20.6. The Morgan fingerprint density at radius 3 is 2.54 bits per heavy atom. The van der Waals surface area contributed by atoms with E-state index in [1.54, 1.807) is 14.0 Å². The Kier molecular flexibility index (Phi) is 6.94. The van der Waals surface area contributed by atoms with Gasteiger partial charge >= 0.3 is 0 Å². The molecule has 1 unspecified atom stereocenters. The Morgan fingerprint density at radius 1 is 1.35 bits per heavy atom. The highest BCUT2D eigenvalue weighted by molar-refractivity contribution is 7.88. The van der Waals surface area contributed by atoms with E-state index >= 15 is 0 Å². The zero-order chi connectivity index (χ0) is 19.3. The molecule has 6 nitrogen and oxygen atoms in total. The molecule has 0 aliphatic carbocycles. The van der Waals surface area contributed by atoms with Crippen LogP contribution in [0.2, 0.25) is 0 Å². The molecule has 1 saturated heterocycles. The summed E-state index contributed by atoms with van der Waals surface area (Å²) >= 11 is 0. The number of nitrogens with zero attached hydrogens (tertiary/aromatic N) is 2. The van der Waals surface area contributed by atoms with Crippen LogP contribution in [0.5, 0.6) is 0 Å². The van der Waals surface area contributed by atoms with Crippen LogP contribution in [0, 0.1) is 17.6 Å². The minimum atomic E-state index is -3.12. The number of hydrogen-bond donors (Lipinski definition) is 2. The van der Waals surface area contributed by atoms with Crippen molar-refractivity contribution in [2.24, 2.45) is 10.9 Å². The van der Waals surface area contributed by atoms with Crippen LogP contribution < -0.4 is 10.6 Å². The lowest BCUT2D eigenvalue weighted by Gasteiger charge is -2.30. The first-order valence-corrected chi connectivity index (χ1v) is 10.4. The van der Waals surface area contributed by atoms with Crippen molar-refractivity contribution in [3.05, 3.63) is 35.4 Å². The standard InChI is InChI=1S/C17H26F2N4O2S/c1-12(15-5-4-14(18)10-16(15)19)22-17(20-2)21-11-13-6-8-23(9-7-13)26(3,24)25/h4-5,10,12-13H,6-9,11H2,1-3H3,(H2,20,21,22). The summed E-state index contributed by atoms with van der Waals surface area (Å²) in [6.07, 6.45) is 2.78. The highest BCUT2D eigenvalue weighted by Gasteiger charge is 2.25. The maximum Gasteiger partial charge on any atom is 0.211 e. The van der Waals surface area contributed by atoms with Crippen molar-refractivity contribution >= 4 is 16.0 Å². The molecule has 0 radical (unpaired) electrons. The van der Waals surface area contributed by atoms with E-state index in [-0.39, 0.29) is 6.04 Å². The Labute approximate surface area is 153 Å². The van der Waals surface area contributed by atoms with E-state index in [1.165, 1.54) is 22.7 Å². The minimum absolute atomic E-state index is 0.337. The van der Waals surface area contributed by atoms with E-state index in [2.05, 4.69) is 15.6 Å². The largest absolute Gasteiger partial charge is 0.356 e. The van der Waals surface area contributed by atoms with Gasteiger partial charge in [0.15, 0.2) is 5.96 Å². The second-order valence-corrected chi connectivity index (χ2v) is 8.57. The van der Waals surface area contributed by atoms with Crippen molar-refractivity contribution in [3.63, 3.8) is 0 Å². The Bertz CT molecular complexity index is 747. The number of guanidine groups is 1. The van der Waals surface area contributed by atoms with Gasteiger partial charge in [0, 0.05) is 38.3 Å². The zero-order valence-electron chi connectivity index (χ0n) is 15.3. The Balaban J connectivity index is 1.85. The molecule has 0 bridgehead atoms. The topological polar surface area (TPSA) is 73.8 Å². The molecule has 0 saturated carbocycles. The number of nitrogens with one attached hydrogen (secondary N) is 2. The summed E-state index contributed by atoms with van der Waals surface area (Å²) in [5.41, 5.74) is 0.357. The predicted molar refractivity (Wildman–Crippen MR) is 98.4 cm³/mol. The monoisotopic (exact) mass is 388 g/mol. The van der Waals surface area contributed by atoms with E-state index < -0.39 is 21.7 Å². The van der Waals surface area contributed by atoms with Gasteiger partial charge in [-0.2, -0.15) is 0 Å². The lowest BCUT2D eigenvalue weighted by atomic mass is 9.98. The Hall–Kier alpha value is -1.74. The lowest BCUT2D eigenvalue weighted by Crippen LogP contribution is -2.44. The summed E-state index contributed by atoms with van der Waals surface area (Å²) in [6.45, 7) is 3.46. The number of rotatable bonds is 5. The van der Waals surface area contributed by atoms with Gasteiger partial charge in [-0.25, -0.2) is 21.5 Å². The molecule has 0 aromatic heterocycles. The molecule has 146 valence electrons. The maximum absolute atomic E-state index is 13.9. The number of benzene rings is 1. The van der Waals surface area contributed by atoms with Crippen LogP contribution in [0.15, 0.2) is 23.2 Å². The zero-order valence-corrected chi connectivity index (χ0v) is 16.1. The van der Waals surface area contributed by atoms with Gasteiger partial charge < -0.3 is 10.6 Å². The highest BCUT2D eigenvalue weighted by atomic mass is 32.2. The summed E-state index contributed by atoms with van der Waals surface area (Å²) in [7, 11) is -1.50. The van der Waals surface area contributed by atoms with Gasteiger partial charge in [0.1, 0.15) is 11.6 Å². The molecule has 0 amide bonds. The number of piperidine rings is 1. The van der Waals surface area contributed by atoms with Crippen LogP contribution in [-0.2, 0) is 10.0 Å². The molecule has 1 fully saturated rings. The van der Waals surface area contributed by atoms with Gasteiger partial charge in [-0.1, -0.05) is 6.07 Å². The van der Waals surface area contributed by atoms with Gasteiger partial charge in [-0.3, -0.25) is 4.99 Å². The van der Waals surface area contributed by atoms with Crippen molar-refractivity contribution in [1.82, 2.24) is 14.9 Å². The third-order valence-corrected chi connectivity index (χ3v) is 5.91. The molecule has 2 N–H and O–H groups in total. The van der Waals surface area contributed by atoms with E-state index in [4.69, 9.17) is 0 Å². The number of halogens is 2. The van der Waals surface area contributed by atoms with Crippen molar-refractivity contribution in [1.29, 1.82) is 0 Å². The molecule has 1 atom stereocenters. The highest BCUT2D eigenvalue weighted by Crippen LogP contribution is 2.19. The van der Waals surface area contributed by atoms with Crippen LogP contribution in [0.1, 0.15) is 31.4 Å². The first-order chi connectivity index (χ1) is 12.2. The second kappa shape index (κ2) is 8.77. The van der Waals surface area contributed by atoms with Gasteiger partial charge in [0.05, 0.1) is 12.3 Å². The van der Waals surface area contributed by atoms with Crippen LogP contribution in [0.3, 0.4) is 0 Å². The fraction of sp³-hybridized carbons (Fsp3) is 0.588. The normalized spacial score (nSPS) is 18.6. The summed E-state index contributed by atoms with van der Waals surface area (Å²) in [4.78, 5) is 4.13. The molecule has 26 heavy (non-hydrogen) atoms. The summed E-state index contributed by atoms with van der Waals surface area (Å²) < 4.78 is 51.5. The summed E-state index contributed by atoms with van der Waals surface area (Å²) in [5, 5.41) is 6.28. The number of sulfonamides is 1. The molecule has 1 aromatic rings. The van der Waals surface area contributed by atoms with Gasteiger partial charge in [-0.15, -0.1) is 0 Å². The molecular weight excluding hydrogens is 362 g/mol. The summed E-state index contributed by atoms with van der Waals surface area (Å²) in [6, 6.07) is 3.12. The average molecular weight is 388 g/mol. The second-order valence-electron chi connectivity index (χ2n) is 6.59. The van der Waals surface area contributed by atoms with Gasteiger partial charge in [0.2, 0.25) is 10.0 Å². The first-order valence-electron chi connectivity index (χ1n) is 8.58. The van der Waals surface area contributed by atoms with Gasteiger partial charge in [-0.05, 0) is 31.7 Å². The van der Waals surface area contributed by atoms with E-state index in [1.807, 2.05) is 0 Å². The molecule has 1 aliphatic rings. The molecule has 2 rings (SSSR count). The van der Waals surface area contributed by atoms with Crippen molar-refractivity contribution in [2.45, 2.75) is 25.8 Å². The Morgan fingerprint density at radius 2 is 2.00 bits per heavy atom. The summed E-state index contributed by atoms with van der Waals surface area (Å²) in [5.74, 6) is -0.355. The van der Waals surface area contributed by atoms with Crippen LogP contribution in [0.4, 0.5) is 8.78 Å². The number of aliphatic imine (C=N–C) groups is 1.